The van der Waals surface area contributed by atoms with Gasteiger partial charge in [-0.05, 0) is 44.5 Å². The monoisotopic (exact) mass is 222 g/mol. The normalized spacial score (nSPS) is 15.1. The fraction of sp³-hybridized carbons (Fsp3) is 0.615. The predicted octanol–water partition coefficient (Wildman–Crippen LogP) is 1.72. The van der Waals surface area contributed by atoms with Crippen LogP contribution in [0.15, 0.2) is 24.5 Å². The summed E-state index contributed by atoms with van der Waals surface area (Å²) in [6.45, 7) is 5.57. The molecule has 0 spiro atoms. The molecule has 1 aromatic rings. The molecule has 0 bridgehead atoms. The van der Waals surface area contributed by atoms with Crippen molar-refractivity contribution in [2.24, 2.45) is 0 Å². The molecule has 1 heterocycles. The molecule has 1 rings (SSSR count). The van der Waals surface area contributed by atoms with Crippen molar-refractivity contribution in [2.45, 2.75) is 32.3 Å². The van der Waals surface area contributed by atoms with Crippen LogP contribution >= 0.6 is 0 Å². The number of pyridine rings is 1. The minimum Gasteiger partial charge on any atom is -0.389 e. The molecule has 1 N–H and O–H groups in total. The summed E-state index contributed by atoms with van der Waals surface area (Å²) in [5.41, 5.74) is 0.713. The number of nitrogens with zero attached hydrogens (tertiary/aromatic N) is 2. The maximum Gasteiger partial charge on any atom is 0.0743 e. The van der Waals surface area contributed by atoms with Crippen LogP contribution < -0.4 is 0 Å². The van der Waals surface area contributed by atoms with E-state index in [9.17, 15) is 5.11 Å². The smallest absolute Gasteiger partial charge is 0.0743 e. The highest BCUT2D eigenvalue weighted by atomic mass is 16.3. The number of aliphatic hydroxyl groups is 1. The van der Waals surface area contributed by atoms with Gasteiger partial charge in [-0.25, -0.2) is 0 Å². The Morgan fingerprint density at radius 1 is 1.38 bits per heavy atom. The molecule has 0 aliphatic heterocycles. The fourth-order valence-electron chi connectivity index (χ4n) is 1.64. The first-order valence-corrected chi connectivity index (χ1v) is 5.83. The van der Waals surface area contributed by atoms with Gasteiger partial charge in [0.2, 0.25) is 0 Å². The Balaban J connectivity index is 2.33. The molecule has 1 atom stereocenters. The molecule has 1 unspecified atom stereocenters. The van der Waals surface area contributed by atoms with Crippen molar-refractivity contribution < 1.29 is 5.11 Å². The lowest BCUT2D eigenvalue weighted by Gasteiger charge is -2.27. The Hall–Kier alpha value is -0.930. The van der Waals surface area contributed by atoms with E-state index in [1.807, 2.05) is 45.4 Å². The average Bonchev–Trinajstić information content (AvgIpc) is 2.27. The van der Waals surface area contributed by atoms with E-state index in [-0.39, 0.29) is 0 Å². The number of aromatic nitrogens is 1. The molecule has 3 heteroatoms. The first-order chi connectivity index (χ1) is 7.53. The van der Waals surface area contributed by atoms with Gasteiger partial charge in [0.15, 0.2) is 0 Å². The summed E-state index contributed by atoms with van der Waals surface area (Å²) >= 11 is 0. The maximum atomic E-state index is 9.94. The Kier molecular flexibility index (Phi) is 4.90. The zero-order valence-corrected chi connectivity index (χ0v) is 10.5. The SMILES string of the molecule is CCC(C)(O)CN(C)CCc1ccncc1. The van der Waals surface area contributed by atoms with E-state index >= 15 is 0 Å². The average molecular weight is 222 g/mol. The van der Waals surface area contributed by atoms with Crippen LogP contribution in [-0.4, -0.2) is 40.7 Å². The van der Waals surface area contributed by atoms with Gasteiger partial charge in [-0.1, -0.05) is 6.92 Å². The lowest BCUT2D eigenvalue weighted by molar-refractivity contribution is 0.0240. The third kappa shape index (κ3) is 4.73. The van der Waals surface area contributed by atoms with Crippen LogP contribution in [0.4, 0.5) is 0 Å². The summed E-state index contributed by atoms with van der Waals surface area (Å²) < 4.78 is 0. The molecule has 0 radical (unpaired) electrons. The van der Waals surface area contributed by atoms with Crippen molar-refractivity contribution in [1.29, 1.82) is 0 Å². The Morgan fingerprint density at radius 2 is 2.00 bits per heavy atom. The van der Waals surface area contributed by atoms with Crippen molar-refractivity contribution in [3.05, 3.63) is 30.1 Å². The largest absolute Gasteiger partial charge is 0.389 e. The Labute approximate surface area is 98.1 Å². The molecule has 0 aliphatic rings. The van der Waals surface area contributed by atoms with E-state index in [1.165, 1.54) is 5.56 Å². The van der Waals surface area contributed by atoms with Gasteiger partial charge in [0, 0.05) is 25.5 Å². The molecule has 0 aromatic carbocycles. The van der Waals surface area contributed by atoms with Crippen LogP contribution in [0.25, 0.3) is 0 Å². The summed E-state index contributed by atoms with van der Waals surface area (Å²) in [4.78, 5) is 6.16. The quantitative estimate of drug-likeness (QED) is 0.796. The Bertz CT molecular complexity index is 298. The van der Waals surface area contributed by atoms with Gasteiger partial charge in [0.25, 0.3) is 0 Å². The van der Waals surface area contributed by atoms with E-state index in [0.29, 0.717) is 6.54 Å². The van der Waals surface area contributed by atoms with Crippen molar-refractivity contribution in [1.82, 2.24) is 9.88 Å². The molecular weight excluding hydrogens is 200 g/mol. The van der Waals surface area contributed by atoms with E-state index in [1.54, 1.807) is 0 Å². The van der Waals surface area contributed by atoms with Gasteiger partial charge in [-0.15, -0.1) is 0 Å². The van der Waals surface area contributed by atoms with Crippen molar-refractivity contribution in [3.8, 4) is 0 Å². The second-order valence-corrected chi connectivity index (χ2v) is 4.69. The zero-order valence-electron chi connectivity index (χ0n) is 10.5. The summed E-state index contributed by atoms with van der Waals surface area (Å²) in [6.07, 6.45) is 5.42. The van der Waals surface area contributed by atoms with Crippen molar-refractivity contribution >= 4 is 0 Å². The molecule has 1 aromatic heterocycles. The summed E-state index contributed by atoms with van der Waals surface area (Å²) in [6, 6.07) is 4.07. The van der Waals surface area contributed by atoms with Gasteiger partial charge >= 0.3 is 0 Å². The first-order valence-electron chi connectivity index (χ1n) is 5.83. The third-order valence-corrected chi connectivity index (χ3v) is 2.90. The summed E-state index contributed by atoms with van der Waals surface area (Å²) in [5, 5.41) is 9.94. The van der Waals surface area contributed by atoms with Gasteiger partial charge in [-0.2, -0.15) is 0 Å². The molecular formula is C13H22N2O. The van der Waals surface area contributed by atoms with Crippen LogP contribution in [0.2, 0.25) is 0 Å². The van der Waals surface area contributed by atoms with Gasteiger partial charge in [0.1, 0.15) is 0 Å². The van der Waals surface area contributed by atoms with Crippen molar-refractivity contribution in [3.63, 3.8) is 0 Å². The van der Waals surface area contributed by atoms with E-state index in [4.69, 9.17) is 0 Å². The molecule has 3 nitrogen and oxygen atoms in total. The molecule has 0 fully saturated rings. The molecule has 90 valence electrons. The predicted molar refractivity (Wildman–Crippen MR) is 66.4 cm³/mol. The van der Waals surface area contributed by atoms with Crippen LogP contribution in [0, 0.1) is 0 Å². The fourth-order valence-corrected chi connectivity index (χ4v) is 1.64. The topological polar surface area (TPSA) is 36.4 Å². The first kappa shape index (κ1) is 13.1. The number of hydrogen-bond acceptors (Lipinski definition) is 3. The van der Waals surface area contributed by atoms with E-state index < -0.39 is 5.60 Å². The van der Waals surface area contributed by atoms with Crippen LogP contribution in [0.5, 0.6) is 0 Å². The van der Waals surface area contributed by atoms with Crippen LogP contribution in [-0.2, 0) is 6.42 Å². The van der Waals surface area contributed by atoms with Gasteiger partial charge < -0.3 is 10.0 Å². The molecule has 0 amide bonds. The van der Waals surface area contributed by atoms with Crippen molar-refractivity contribution in [2.75, 3.05) is 20.1 Å². The lowest BCUT2D eigenvalue weighted by Crippen LogP contribution is -2.39. The maximum absolute atomic E-state index is 9.94. The lowest BCUT2D eigenvalue weighted by atomic mass is 10.0. The van der Waals surface area contributed by atoms with Gasteiger partial charge in [0.05, 0.1) is 5.60 Å². The zero-order chi connectivity index (χ0) is 12.0. The Morgan fingerprint density at radius 3 is 2.56 bits per heavy atom. The van der Waals surface area contributed by atoms with E-state index in [0.717, 1.165) is 19.4 Å². The number of likely N-dealkylation sites (N-methyl/N-ethyl adjacent to an activating group) is 1. The standard InChI is InChI=1S/C13H22N2O/c1-4-13(2,16)11-15(3)10-7-12-5-8-14-9-6-12/h5-6,8-9,16H,4,7,10-11H2,1-3H3. The number of hydrogen-bond donors (Lipinski definition) is 1. The van der Waals surface area contributed by atoms with Gasteiger partial charge in [-0.3, -0.25) is 4.98 Å². The summed E-state index contributed by atoms with van der Waals surface area (Å²) in [5.74, 6) is 0. The van der Waals surface area contributed by atoms with Crippen LogP contribution in [0.3, 0.4) is 0 Å². The highest BCUT2D eigenvalue weighted by Crippen LogP contribution is 2.10. The number of rotatable bonds is 6. The molecule has 16 heavy (non-hydrogen) atoms. The molecule has 0 saturated carbocycles. The highest BCUT2D eigenvalue weighted by molar-refractivity contribution is 5.09. The molecule has 0 saturated heterocycles. The second-order valence-electron chi connectivity index (χ2n) is 4.69. The third-order valence-electron chi connectivity index (χ3n) is 2.90. The van der Waals surface area contributed by atoms with Crippen LogP contribution in [0.1, 0.15) is 25.8 Å². The molecule has 0 aliphatic carbocycles. The summed E-state index contributed by atoms with van der Waals surface area (Å²) in [7, 11) is 2.05. The highest BCUT2D eigenvalue weighted by Gasteiger charge is 2.19. The van der Waals surface area contributed by atoms with E-state index in [2.05, 4.69) is 9.88 Å². The minimum absolute atomic E-state index is 0.576. The second kappa shape index (κ2) is 5.97. The minimum atomic E-state index is -0.576.